The molecule has 2 aliphatic heterocycles. The monoisotopic (exact) mass is 431 g/mol. The Morgan fingerprint density at radius 2 is 2.07 bits per heavy atom. The van der Waals surface area contributed by atoms with Crippen LogP contribution in [-0.4, -0.2) is 36.5 Å². The molecule has 158 valence electrons. The first-order valence-electron chi connectivity index (χ1n) is 10.0. The van der Waals surface area contributed by atoms with Crippen LogP contribution in [-0.2, 0) is 4.79 Å². The van der Waals surface area contributed by atoms with Crippen molar-refractivity contribution < 1.29 is 18.7 Å². The summed E-state index contributed by atoms with van der Waals surface area (Å²) in [5, 5.41) is 6.21. The largest absolute Gasteiger partial charge is 0.491 e. The Morgan fingerprint density at radius 3 is 2.90 bits per heavy atom. The lowest BCUT2D eigenvalue weighted by Gasteiger charge is -2.39. The Hall–Kier alpha value is -2.80. The molecule has 2 heterocycles. The van der Waals surface area contributed by atoms with Gasteiger partial charge in [0, 0.05) is 36.3 Å². The van der Waals surface area contributed by atoms with Crippen molar-refractivity contribution in [2.75, 3.05) is 30.3 Å². The second-order valence-corrected chi connectivity index (χ2v) is 8.16. The molecule has 1 saturated heterocycles. The van der Waals surface area contributed by atoms with Crippen LogP contribution in [0.5, 0.6) is 5.75 Å². The minimum atomic E-state index is -0.424. The van der Waals surface area contributed by atoms with Crippen LogP contribution in [0.1, 0.15) is 19.3 Å². The number of ether oxygens (including phenoxy) is 1. The highest BCUT2D eigenvalue weighted by atomic mass is 35.5. The summed E-state index contributed by atoms with van der Waals surface area (Å²) in [5.41, 5.74) is 1.00. The highest BCUT2D eigenvalue weighted by molar-refractivity contribution is 6.30. The van der Waals surface area contributed by atoms with Gasteiger partial charge in [0.2, 0.25) is 5.91 Å². The zero-order valence-corrected chi connectivity index (χ0v) is 17.1. The second-order valence-electron chi connectivity index (χ2n) is 7.73. The van der Waals surface area contributed by atoms with Gasteiger partial charge in [-0.1, -0.05) is 17.7 Å². The number of halogens is 2. The molecule has 2 atom stereocenters. The molecule has 0 aliphatic carbocycles. The third kappa shape index (κ3) is 4.84. The van der Waals surface area contributed by atoms with Crippen LogP contribution in [0.25, 0.3) is 0 Å². The van der Waals surface area contributed by atoms with Gasteiger partial charge in [-0.3, -0.25) is 4.79 Å². The van der Waals surface area contributed by atoms with E-state index in [1.807, 2.05) is 0 Å². The lowest BCUT2D eigenvalue weighted by atomic mass is 9.81. The first-order valence-corrected chi connectivity index (χ1v) is 10.4. The van der Waals surface area contributed by atoms with Gasteiger partial charge < -0.3 is 20.3 Å². The molecule has 0 unspecified atom stereocenters. The molecule has 1 fully saturated rings. The zero-order chi connectivity index (χ0) is 21.1. The average molecular weight is 432 g/mol. The topological polar surface area (TPSA) is 70.7 Å². The molecule has 6 nitrogen and oxygen atoms in total. The summed E-state index contributed by atoms with van der Waals surface area (Å²) in [7, 11) is 0. The van der Waals surface area contributed by atoms with Crippen LogP contribution in [0, 0.1) is 17.7 Å². The fourth-order valence-electron chi connectivity index (χ4n) is 4.12. The number of carbonyl (C=O) groups excluding carboxylic acids is 2. The van der Waals surface area contributed by atoms with Crippen molar-refractivity contribution >= 4 is 34.9 Å². The van der Waals surface area contributed by atoms with Crippen molar-refractivity contribution in [1.82, 2.24) is 4.90 Å². The van der Waals surface area contributed by atoms with E-state index >= 15 is 0 Å². The van der Waals surface area contributed by atoms with Crippen molar-refractivity contribution in [3.05, 3.63) is 53.3 Å². The number of hydrogen-bond acceptors (Lipinski definition) is 3. The van der Waals surface area contributed by atoms with Gasteiger partial charge in [0.1, 0.15) is 11.6 Å². The van der Waals surface area contributed by atoms with Crippen molar-refractivity contribution in [3.63, 3.8) is 0 Å². The van der Waals surface area contributed by atoms with E-state index in [2.05, 4.69) is 10.6 Å². The Kier molecular flexibility index (Phi) is 6.08. The summed E-state index contributed by atoms with van der Waals surface area (Å²) in [6.07, 6.45) is 1.76. The van der Waals surface area contributed by atoms with Crippen molar-refractivity contribution in [3.8, 4) is 5.75 Å². The predicted octanol–water partition coefficient (Wildman–Crippen LogP) is 4.76. The molecule has 0 bridgehead atoms. The van der Waals surface area contributed by atoms with Crippen molar-refractivity contribution in [2.24, 2.45) is 11.8 Å². The maximum absolute atomic E-state index is 13.5. The van der Waals surface area contributed by atoms with Crippen molar-refractivity contribution in [2.45, 2.75) is 19.3 Å². The summed E-state index contributed by atoms with van der Waals surface area (Å²) >= 11 is 5.99. The third-order valence-electron chi connectivity index (χ3n) is 5.66. The van der Waals surface area contributed by atoms with Gasteiger partial charge in [-0.15, -0.1) is 0 Å². The van der Waals surface area contributed by atoms with Crippen LogP contribution in [0.3, 0.4) is 0 Å². The van der Waals surface area contributed by atoms with Gasteiger partial charge in [-0.2, -0.15) is 0 Å². The quantitative estimate of drug-likeness (QED) is 0.683. The van der Waals surface area contributed by atoms with Crippen LogP contribution >= 0.6 is 11.6 Å². The number of hydrogen-bond donors (Lipinski definition) is 2. The second kappa shape index (κ2) is 8.92. The molecule has 2 aromatic carbocycles. The maximum atomic E-state index is 13.5. The molecule has 0 aromatic heterocycles. The van der Waals surface area contributed by atoms with E-state index in [0.29, 0.717) is 54.7 Å². The molecule has 2 N–H and O–H groups in total. The number of nitrogens with zero attached hydrogens (tertiary/aromatic N) is 1. The van der Waals surface area contributed by atoms with E-state index in [9.17, 15) is 14.0 Å². The van der Waals surface area contributed by atoms with Gasteiger partial charge in [-0.05, 0) is 55.0 Å². The minimum Gasteiger partial charge on any atom is -0.491 e. The van der Waals surface area contributed by atoms with Crippen LogP contribution < -0.4 is 15.4 Å². The number of amides is 3. The Morgan fingerprint density at radius 1 is 1.20 bits per heavy atom. The average Bonchev–Trinajstić information content (AvgIpc) is 2.70. The molecule has 3 amide bonds. The van der Waals surface area contributed by atoms with Crippen molar-refractivity contribution in [1.29, 1.82) is 0 Å². The number of urea groups is 1. The van der Waals surface area contributed by atoms with Gasteiger partial charge in [0.05, 0.1) is 12.3 Å². The zero-order valence-electron chi connectivity index (χ0n) is 16.4. The molecule has 0 radical (unpaired) electrons. The SMILES string of the molecule is O=C1C[C@@H]2CCN(C(=O)Nc3cccc(Cl)c3)C[C@@H]2CCOc2ccc(F)cc2N1. The molecular formula is C22H23ClFN3O3. The molecule has 4 rings (SSSR count). The first-order chi connectivity index (χ1) is 14.5. The van der Waals surface area contributed by atoms with Crippen LogP contribution in [0.2, 0.25) is 5.02 Å². The Bertz CT molecular complexity index is 955. The summed E-state index contributed by atoms with van der Waals surface area (Å²) < 4.78 is 19.4. The molecular weight excluding hydrogens is 409 g/mol. The maximum Gasteiger partial charge on any atom is 0.321 e. The van der Waals surface area contributed by atoms with E-state index in [4.69, 9.17) is 16.3 Å². The third-order valence-corrected chi connectivity index (χ3v) is 5.90. The number of carbonyl (C=O) groups is 2. The van der Waals surface area contributed by atoms with E-state index < -0.39 is 5.82 Å². The number of benzene rings is 2. The Balaban J connectivity index is 1.43. The van der Waals surface area contributed by atoms with E-state index in [1.54, 1.807) is 29.2 Å². The van der Waals surface area contributed by atoms with E-state index in [1.165, 1.54) is 18.2 Å². The highest BCUT2D eigenvalue weighted by Gasteiger charge is 2.33. The minimum absolute atomic E-state index is 0.136. The number of rotatable bonds is 1. The summed E-state index contributed by atoms with van der Waals surface area (Å²) in [4.78, 5) is 27.0. The lowest BCUT2D eigenvalue weighted by molar-refractivity contribution is -0.118. The fourth-order valence-corrected chi connectivity index (χ4v) is 4.31. The molecule has 30 heavy (non-hydrogen) atoms. The normalized spacial score (nSPS) is 21.5. The highest BCUT2D eigenvalue weighted by Crippen LogP contribution is 2.33. The molecule has 2 aromatic rings. The van der Waals surface area contributed by atoms with Gasteiger partial charge in [0.25, 0.3) is 0 Å². The number of nitrogens with one attached hydrogen (secondary N) is 2. The van der Waals surface area contributed by atoms with Gasteiger partial charge >= 0.3 is 6.03 Å². The Labute approximate surface area is 179 Å². The lowest BCUT2D eigenvalue weighted by Crippen LogP contribution is -2.46. The molecule has 0 saturated carbocycles. The molecule has 2 aliphatic rings. The molecule has 0 spiro atoms. The fraction of sp³-hybridized carbons (Fsp3) is 0.364. The smallest absolute Gasteiger partial charge is 0.321 e. The predicted molar refractivity (Wildman–Crippen MR) is 113 cm³/mol. The standard InChI is InChI=1S/C22H23ClFN3O3/c23-16-2-1-3-18(11-16)25-22(29)27-8-6-14-10-21(28)26-19-12-17(24)4-5-20(19)30-9-7-15(14)13-27/h1-5,11-12,14-15H,6-10,13H2,(H,25,29)(H,26,28)/t14-,15-/m0/s1. The summed E-state index contributed by atoms with van der Waals surface area (Å²) in [6, 6.07) is 10.9. The molecule has 8 heteroatoms. The van der Waals surface area contributed by atoms with Gasteiger partial charge in [-0.25, -0.2) is 9.18 Å². The van der Waals surface area contributed by atoms with Gasteiger partial charge in [0.15, 0.2) is 0 Å². The number of anilines is 2. The summed E-state index contributed by atoms with van der Waals surface area (Å²) in [6.45, 7) is 1.54. The summed E-state index contributed by atoms with van der Waals surface area (Å²) in [5.74, 6) is 0.135. The number of likely N-dealkylation sites (tertiary alicyclic amines) is 1. The van der Waals surface area contributed by atoms with E-state index in [0.717, 1.165) is 6.42 Å². The number of piperidine rings is 1. The van der Waals surface area contributed by atoms with Crippen LogP contribution in [0.4, 0.5) is 20.6 Å². The number of fused-ring (bicyclic) bond motifs is 2. The first kappa shape index (κ1) is 20.5. The van der Waals surface area contributed by atoms with Crippen LogP contribution in [0.15, 0.2) is 42.5 Å². The van der Waals surface area contributed by atoms with E-state index in [-0.39, 0.29) is 23.8 Å².